The van der Waals surface area contributed by atoms with Crippen molar-refractivity contribution in [2.45, 2.75) is 32.0 Å². The Kier molecular flexibility index (Phi) is 7.88. The van der Waals surface area contributed by atoms with Crippen LogP contribution in [0.3, 0.4) is 0 Å². The summed E-state index contributed by atoms with van der Waals surface area (Å²) in [5.74, 6) is 0. The molecule has 0 aromatic carbocycles. The second-order valence-electron chi connectivity index (χ2n) is 3.96. The third kappa shape index (κ3) is 8.64. The highest BCUT2D eigenvalue weighted by atomic mass is 28.4. The van der Waals surface area contributed by atoms with E-state index < -0.39 is 8.32 Å². The first-order valence-corrected chi connectivity index (χ1v) is 9.01. The SMILES string of the molecule is C[Si](C)(CCCCNCCN)O[SiH3]. The van der Waals surface area contributed by atoms with Crippen molar-refractivity contribution >= 4 is 18.8 Å². The summed E-state index contributed by atoms with van der Waals surface area (Å²) in [5, 5.41) is 3.30. The molecular weight excluding hydrogens is 196 g/mol. The molecule has 0 aliphatic carbocycles. The average molecular weight is 220 g/mol. The Morgan fingerprint density at radius 3 is 2.54 bits per heavy atom. The molecule has 0 atom stereocenters. The molecule has 0 aromatic heterocycles. The van der Waals surface area contributed by atoms with Gasteiger partial charge in [-0.25, -0.2) is 0 Å². The molecule has 3 N–H and O–H groups in total. The number of nitrogens with two attached hydrogens (primary N) is 1. The molecule has 0 unspecified atom stereocenters. The van der Waals surface area contributed by atoms with Crippen molar-refractivity contribution in [3.05, 3.63) is 0 Å². The summed E-state index contributed by atoms with van der Waals surface area (Å²) in [4.78, 5) is 0. The van der Waals surface area contributed by atoms with E-state index in [4.69, 9.17) is 9.85 Å². The van der Waals surface area contributed by atoms with Crippen molar-refractivity contribution in [3.8, 4) is 0 Å². The van der Waals surface area contributed by atoms with Crippen molar-refractivity contribution in [2.75, 3.05) is 19.6 Å². The molecular formula is C8H24N2OSi2. The van der Waals surface area contributed by atoms with Crippen molar-refractivity contribution in [2.24, 2.45) is 5.73 Å². The Balaban J connectivity index is 3.16. The first-order chi connectivity index (χ1) is 6.12. The van der Waals surface area contributed by atoms with Gasteiger partial charge in [0, 0.05) is 13.1 Å². The van der Waals surface area contributed by atoms with Crippen LogP contribution < -0.4 is 11.1 Å². The molecule has 5 heteroatoms. The summed E-state index contributed by atoms with van der Waals surface area (Å²) in [5.41, 5.74) is 5.36. The van der Waals surface area contributed by atoms with Crippen LogP contribution in [0.5, 0.6) is 0 Å². The molecule has 0 saturated carbocycles. The van der Waals surface area contributed by atoms with Crippen LogP contribution in [0.1, 0.15) is 12.8 Å². The molecule has 0 spiro atoms. The topological polar surface area (TPSA) is 47.3 Å². The van der Waals surface area contributed by atoms with E-state index >= 15 is 0 Å². The summed E-state index contributed by atoms with van der Waals surface area (Å²) in [7, 11) is -0.339. The molecule has 0 aliphatic heterocycles. The van der Waals surface area contributed by atoms with Gasteiger partial charge in [-0.15, -0.1) is 0 Å². The van der Waals surface area contributed by atoms with Gasteiger partial charge < -0.3 is 15.2 Å². The average Bonchev–Trinajstić information content (AvgIpc) is 2.11. The number of rotatable bonds is 8. The monoisotopic (exact) mass is 220 g/mol. The Hall–Kier alpha value is 0.314. The van der Waals surface area contributed by atoms with Crippen LogP contribution in [0.25, 0.3) is 0 Å². The maximum atomic E-state index is 5.60. The van der Waals surface area contributed by atoms with Crippen molar-refractivity contribution in [1.82, 2.24) is 5.32 Å². The van der Waals surface area contributed by atoms with Gasteiger partial charge in [0.1, 0.15) is 10.5 Å². The van der Waals surface area contributed by atoms with Gasteiger partial charge in [-0.1, -0.05) is 6.42 Å². The Morgan fingerprint density at radius 1 is 1.31 bits per heavy atom. The zero-order valence-electron chi connectivity index (χ0n) is 9.23. The number of unbranched alkanes of at least 4 members (excludes halogenated alkanes) is 1. The van der Waals surface area contributed by atoms with E-state index in [-0.39, 0.29) is 0 Å². The number of nitrogens with one attached hydrogen (secondary N) is 1. The Morgan fingerprint density at radius 2 is 2.00 bits per heavy atom. The summed E-state index contributed by atoms with van der Waals surface area (Å²) in [6.45, 7) is 7.38. The van der Waals surface area contributed by atoms with Gasteiger partial charge in [-0.3, -0.25) is 0 Å². The summed E-state index contributed by atoms with van der Waals surface area (Å²) in [6, 6.07) is 1.29. The van der Waals surface area contributed by atoms with Crippen molar-refractivity contribution in [3.63, 3.8) is 0 Å². The quantitative estimate of drug-likeness (QED) is 0.441. The van der Waals surface area contributed by atoms with Gasteiger partial charge in [0.25, 0.3) is 0 Å². The third-order valence-electron chi connectivity index (χ3n) is 2.26. The van der Waals surface area contributed by atoms with Crippen LogP contribution in [-0.4, -0.2) is 38.4 Å². The normalized spacial score (nSPS) is 12.2. The lowest BCUT2D eigenvalue weighted by Gasteiger charge is -2.20. The fourth-order valence-corrected chi connectivity index (χ4v) is 3.05. The minimum absolute atomic E-state index is 0.740. The van der Waals surface area contributed by atoms with Crippen LogP contribution in [0.4, 0.5) is 0 Å². The van der Waals surface area contributed by atoms with E-state index in [2.05, 4.69) is 18.4 Å². The van der Waals surface area contributed by atoms with Gasteiger partial charge in [0.05, 0.1) is 0 Å². The zero-order valence-corrected chi connectivity index (χ0v) is 12.2. The van der Waals surface area contributed by atoms with Crippen LogP contribution >= 0.6 is 0 Å². The van der Waals surface area contributed by atoms with E-state index in [9.17, 15) is 0 Å². The highest BCUT2D eigenvalue weighted by molar-refractivity contribution is 6.73. The molecule has 3 nitrogen and oxygen atoms in total. The Bertz CT molecular complexity index is 123. The van der Waals surface area contributed by atoms with E-state index in [0.29, 0.717) is 0 Å². The Labute approximate surface area is 86.1 Å². The van der Waals surface area contributed by atoms with Crippen molar-refractivity contribution < 1.29 is 4.12 Å². The highest BCUT2D eigenvalue weighted by Gasteiger charge is 2.18. The number of hydrogen-bond acceptors (Lipinski definition) is 3. The first kappa shape index (κ1) is 13.3. The van der Waals surface area contributed by atoms with E-state index in [0.717, 1.165) is 30.1 Å². The smallest absolute Gasteiger partial charge is 0.172 e. The van der Waals surface area contributed by atoms with Crippen LogP contribution in [-0.2, 0) is 4.12 Å². The molecule has 0 amide bonds. The molecule has 0 aromatic rings. The summed E-state index contributed by atoms with van der Waals surface area (Å²) in [6.07, 6.45) is 2.54. The van der Waals surface area contributed by atoms with E-state index in [1.807, 2.05) is 0 Å². The molecule has 0 saturated heterocycles. The lowest BCUT2D eigenvalue weighted by Crippen LogP contribution is -2.29. The molecule has 0 rings (SSSR count). The molecule has 0 bridgehead atoms. The van der Waals surface area contributed by atoms with Gasteiger partial charge in [0.2, 0.25) is 0 Å². The van der Waals surface area contributed by atoms with E-state index in [1.54, 1.807) is 0 Å². The minimum Gasteiger partial charge on any atom is -0.463 e. The lowest BCUT2D eigenvalue weighted by atomic mass is 10.3. The van der Waals surface area contributed by atoms with Gasteiger partial charge in [-0.2, -0.15) is 0 Å². The fourth-order valence-electron chi connectivity index (χ4n) is 1.13. The third-order valence-corrected chi connectivity index (χ3v) is 8.23. The van der Waals surface area contributed by atoms with Crippen LogP contribution in [0, 0.1) is 0 Å². The largest absolute Gasteiger partial charge is 0.463 e. The van der Waals surface area contributed by atoms with Crippen molar-refractivity contribution in [1.29, 1.82) is 0 Å². The molecule has 0 heterocycles. The molecule has 0 fully saturated rings. The molecule has 13 heavy (non-hydrogen) atoms. The molecule has 0 radical (unpaired) electrons. The highest BCUT2D eigenvalue weighted by Crippen LogP contribution is 2.12. The van der Waals surface area contributed by atoms with Gasteiger partial charge in [-0.05, 0) is 32.1 Å². The van der Waals surface area contributed by atoms with Gasteiger partial charge in [0.15, 0.2) is 8.32 Å². The maximum absolute atomic E-state index is 5.60. The first-order valence-electron chi connectivity index (χ1n) is 5.08. The maximum Gasteiger partial charge on any atom is 0.172 e. The predicted octanol–water partition coefficient (Wildman–Crippen LogP) is -0.183. The second-order valence-corrected chi connectivity index (χ2v) is 9.61. The lowest BCUT2D eigenvalue weighted by molar-refractivity contribution is 0.585. The standard InChI is InChI=1S/C8H24N2OSi2/c1-13(2,11-12)8-4-3-6-10-7-5-9/h10H,3-9H2,1-2,12H3. The second kappa shape index (κ2) is 7.69. The van der Waals surface area contributed by atoms with E-state index in [1.165, 1.54) is 18.9 Å². The minimum atomic E-state index is -1.24. The predicted molar refractivity (Wildman–Crippen MR) is 64.5 cm³/mol. The molecule has 0 aliphatic rings. The summed E-state index contributed by atoms with van der Waals surface area (Å²) < 4.78 is 5.60. The van der Waals surface area contributed by atoms with Crippen LogP contribution in [0.15, 0.2) is 0 Å². The van der Waals surface area contributed by atoms with Gasteiger partial charge >= 0.3 is 0 Å². The summed E-state index contributed by atoms with van der Waals surface area (Å²) >= 11 is 0. The van der Waals surface area contributed by atoms with Crippen LogP contribution in [0.2, 0.25) is 19.1 Å². The molecule has 80 valence electrons. The fraction of sp³-hybridized carbons (Fsp3) is 1.00. The number of hydrogen-bond donors (Lipinski definition) is 2. The zero-order chi connectivity index (χ0) is 10.2.